The molecule has 0 saturated heterocycles. The van der Waals surface area contributed by atoms with Crippen LogP contribution < -0.4 is 0 Å². The van der Waals surface area contributed by atoms with Crippen LogP contribution in [0, 0.1) is 0 Å². The van der Waals surface area contributed by atoms with Gasteiger partial charge in [-0.05, 0) is 17.7 Å². The van der Waals surface area contributed by atoms with E-state index >= 15 is 0 Å². The summed E-state index contributed by atoms with van der Waals surface area (Å²) < 4.78 is 4.47. The minimum atomic E-state index is -0.527. The highest BCUT2D eigenvalue weighted by Gasteiger charge is 2.14. The van der Waals surface area contributed by atoms with Crippen molar-refractivity contribution in [3.63, 3.8) is 0 Å². The van der Waals surface area contributed by atoms with Crippen molar-refractivity contribution in [2.45, 2.75) is 13.0 Å². The van der Waals surface area contributed by atoms with Crippen LogP contribution in [-0.4, -0.2) is 40.9 Å². The van der Waals surface area contributed by atoms with Crippen molar-refractivity contribution in [3.8, 4) is 0 Å². The molecule has 1 N–H and O–H groups in total. The van der Waals surface area contributed by atoms with Gasteiger partial charge in [-0.2, -0.15) is 0 Å². The number of hydrogen-bond acceptors (Lipinski definition) is 4. The highest BCUT2D eigenvalue weighted by atomic mass is 16.5. The Morgan fingerprint density at radius 1 is 1.42 bits per heavy atom. The quantitative estimate of drug-likeness (QED) is 0.660. The fourth-order valence-electron chi connectivity index (χ4n) is 1.77. The van der Waals surface area contributed by atoms with E-state index in [0.29, 0.717) is 6.54 Å². The lowest BCUT2D eigenvalue weighted by Crippen LogP contribution is -2.28. The molecule has 19 heavy (non-hydrogen) atoms. The minimum Gasteiger partial charge on any atom is -0.469 e. The third kappa shape index (κ3) is 3.09. The number of nitrogens with one attached hydrogen (secondary N) is 1. The smallest absolute Gasteiger partial charge is 0.315 e. The zero-order valence-electron chi connectivity index (χ0n) is 10.8. The predicted octanol–water partition coefficient (Wildman–Crippen LogP) is 1.08. The summed E-state index contributed by atoms with van der Waals surface area (Å²) in [6.07, 6.45) is 1.39. The van der Waals surface area contributed by atoms with Crippen molar-refractivity contribution in [1.29, 1.82) is 0 Å². The molecule has 0 fully saturated rings. The molecule has 0 saturated carbocycles. The summed E-state index contributed by atoms with van der Waals surface area (Å²) in [5, 5.41) is 0. The van der Waals surface area contributed by atoms with Gasteiger partial charge >= 0.3 is 5.97 Å². The van der Waals surface area contributed by atoms with Gasteiger partial charge in [0.15, 0.2) is 0 Å². The van der Waals surface area contributed by atoms with Crippen LogP contribution in [0.5, 0.6) is 0 Å². The number of carbonyl (C=O) groups excluding carboxylic acids is 2. The number of carbonyl (C=O) groups is 2. The normalized spacial score (nSPS) is 10.4. The molecule has 0 spiro atoms. The van der Waals surface area contributed by atoms with Crippen molar-refractivity contribution >= 4 is 22.9 Å². The lowest BCUT2D eigenvalue weighted by Gasteiger charge is -2.16. The Kier molecular flexibility index (Phi) is 3.79. The van der Waals surface area contributed by atoms with Gasteiger partial charge in [-0.15, -0.1) is 0 Å². The summed E-state index contributed by atoms with van der Waals surface area (Å²) in [6.45, 7) is 0.435. The van der Waals surface area contributed by atoms with Gasteiger partial charge in [0.25, 0.3) is 0 Å². The SMILES string of the molecule is COC(=O)CC(=O)N(C)Cc1ccc2nc[nH]c2c1. The van der Waals surface area contributed by atoms with Gasteiger partial charge in [-0.25, -0.2) is 4.98 Å². The van der Waals surface area contributed by atoms with E-state index < -0.39 is 5.97 Å². The average molecular weight is 261 g/mol. The number of rotatable bonds is 4. The first-order valence-corrected chi connectivity index (χ1v) is 5.83. The van der Waals surface area contributed by atoms with Crippen LogP contribution in [0.2, 0.25) is 0 Å². The summed E-state index contributed by atoms with van der Waals surface area (Å²) in [5.41, 5.74) is 2.77. The van der Waals surface area contributed by atoms with E-state index in [1.165, 1.54) is 12.0 Å². The van der Waals surface area contributed by atoms with Gasteiger partial charge in [0.1, 0.15) is 6.42 Å². The fourth-order valence-corrected chi connectivity index (χ4v) is 1.77. The third-order valence-corrected chi connectivity index (χ3v) is 2.85. The van der Waals surface area contributed by atoms with Crippen molar-refractivity contribution in [3.05, 3.63) is 30.1 Å². The Labute approximate surface area is 110 Å². The molecule has 2 aromatic rings. The monoisotopic (exact) mass is 261 g/mol. The highest BCUT2D eigenvalue weighted by Crippen LogP contribution is 2.13. The van der Waals surface area contributed by atoms with E-state index in [9.17, 15) is 9.59 Å². The Bertz CT molecular complexity index is 606. The van der Waals surface area contributed by atoms with Gasteiger partial charge in [-0.3, -0.25) is 9.59 Å². The summed E-state index contributed by atoms with van der Waals surface area (Å²) in [5.74, 6) is -0.794. The number of nitrogens with zero attached hydrogens (tertiary/aromatic N) is 2. The molecule has 0 atom stereocenters. The van der Waals surface area contributed by atoms with Crippen LogP contribution in [0.15, 0.2) is 24.5 Å². The molecule has 1 amide bonds. The molecule has 0 aliphatic heterocycles. The van der Waals surface area contributed by atoms with Crippen LogP contribution >= 0.6 is 0 Å². The Hall–Kier alpha value is -2.37. The summed E-state index contributed by atoms with van der Waals surface area (Å²) >= 11 is 0. The molecule has 1 aromatic heterocycles. The molecule has 6 heteroatoms. The molecular formula is C13H15N3O3. The first-order chi connectivity index (χ1) is 9.10. The first-order valence-electron chi connectivity index (χ1n) is 5.83. The molecule has 0 radical (unpaired) electrons. The van der Waals surface area contributed by atoms with Crippen LogP contribution in [-0.2, 0) is 20.9 Å². The van der Waals surface area contributed by atoms with Gasteiger partial charge in [-0.1, -0.05) is 6.07 Å². The Morgan fingerprint density at radius 3 is 2.95 bits per heavy atom. The van der Waals surface area contributed by atoms with Crippen LogP contribution in [0.4, 0.5) is 0 Å². The van der Waals surface area contributed by atoms with Crippen molar-refractivity contribution in [2.75, 3.05) is 14.2 Å². The number of imidazole rings is 1. The van der Waals surface area contributed by atoms with Crippen LogP contribution in [0.25, 0.3) is 11.0 Å². The first kappa shape index (κ1) is 13.1. The molecule has 100 valence electrons. The number of methoxy groups -OCH3 is 1. The van der Waals surface area contributed by atoms with Crippen LogP contribution in [0.1, 0.15) is 12.0 Å². The zero-order chi connectivity index (χ0) is 13.8. The maximum Gasteiger partial charge on any atom is 0.315 e. The third-order valence-electron chi connectivity index (χ3n) is 2.85. The number of amides is 1. The average Bonchev–Trinajstić information content (AvgIpc) is 2.85. The number of ether oxygens (including phenoxy) is 1. The van der Waals surface area contributed by atoms with E-state index in [2.05, 4.69) is 14.7 Å². The van der Waals surface area contributed by atoms with E-state index in [1.54, 1.807) is 13.4 Å². The van der Waals surface area contributed by atoms with E-state index in [0.717, 1.165) is 16.6 Å². The zero-order valence-corrected chi connectivity index (χ0v) is 10.8. The Morgan fingerprint density at radius 2 is 2.21 bits per heavy atom. The molecule has 1 heterocycles. The van der Waals surface area contributed by atoms with Gasteiger partial charge in [0.2, 0.25) is 5.91 Å². The molecule has 6 nitrogen and oxygen atoms in total. The summed E-state index contributed by atoms with van der Waals surface area (Å²) in [4.78, 5) is 31.4. The lowest BCUT2D eigenvalue weighted by atomic mass is 10.2. The van der Waals surface area contributed by atoms with E-state index in [4.69, 9.17) is 0 Å². The summed E-state index contributed by atoms with van der Waals surface area (Å²) in [6, 6.07) is 5.73. The summed E-state index contributed by atoms with van der Waals surface area (Å²) in [7, 11) is 2.92. The minimum absolute atomic E-state index is 0.237. The van der Waals surface area contributed by atoms with Crippen molar-refractivity contribution < 1.29 is 14.3 Å². The van der Waals surface area contributed by atoms with Gasteiger partial charge in [0.05, 0.1) is 24.5 Å². The number of aromatic amines is 1. The number of hydrogen-bond donors (Lipinski definition) is 1. The number of fused-ring (bicyclic) bond motifs is 1. The molecule has 2 rings (SSSR count). The predicted molar refractivity (Wildman–Crippen MR) is 69.2 cm³/mol. The standard InChI is InChI=1S/C13H15N3O3/c1-16(12(17)6-13(18)19-2)7-9-3-4-10-11(5-9)15-8-14-10/h3-5,8H,6-7H2,1-2H3,(H,14,15). The maximum absolute atomic E-state index is 11.7. The Balaban J connectivity index is 2.03. The number of benzene rings is 1. The molecule has 0 bridgehead atoms. The topological polar surface area (TPSA) is 75.3 Å². The molecule has 1 aromatic carbocycles. The van der Waals surface area contributed by atoms with E-state index in [1.807, 2.05) is 18.2 Å². The fraction of sp³-hybridized carbons (Fsp3) is 0.308. The lowest BCUT2D eigenvalue weighted by molar-refractivity contribution is -0.146. The number of aromatic nitrogens is 2. The number of esters is 1. The van der Waals surface area contributed by atoms with Gasteiger partial charge < -0.3 is 14.6 Å². The van der Waals surface area contributed by atoms with E-state index in [-0.39, 0.29) is 12.3 Å². The molecular weight excluding hydrogens is 246 g/mol. The molecule has 0 aliphatic rings. The largest absolute Gasteiger partial charge is 0.469 e. The maximum atomic E-state index is 11.7. The van der Waals surface area contributed by atoms with Gasteiger partial charge in [0, 0.05) is 13.6 Å². The second kappa shape index (κ2) is 5.51. The second-order valence-electron chi connectivity index (χ2n) is 4.26. The van der Waals surface area contributed by atoms with Crippen molar-refractivity contribution in [2.24, 2.45) is 0 Å². The second-order valence-corrected chi connectivity index (χ2v) is 4.26. The number of H-pyrrole nitrogens is 1. The molecule has 0 aliphatic carbocycles. The van der Waals surface area contributed by atoms with Crippen LogP contribution in [0.3, 0.4) is 0 Å². The molecule has 0 unspecified atom stereocenters. The highest BCUT2D eigenvalue weighted by molar-refractivity contribution is 5.94. The van der Waals surface area contributed by atoms with Crippen molar-refractivity contribution in [1.82, 2.24) is 14.9 Å².